The summed E-state index contributed by atoms with van der Waals surface area (Å²) >= 11 is 1.09. The molecule has 0 atom stereocenters. The van der Waals surface area contributed by atoms with Gasteiger partial charge >= 0.3 is 6.18 Å². The van der Waals surface area contributed by atoms with Gasteiger partial charge in [0.25, 0.3) is 10.0 Å². The first-order chi connectivity index (χ1) is 14.1. The Labute approximate surface area is 176 Å². The number of carbonyl (C=O) groups is 1. The van der Waals surface area contributed by atoms with E-state index in [1.165, 1.54) is 22.5 Å². The average molecular weight is 463 g/mol. The zero-order valence-corrected chi connectivity index (χ0v) is 17.6. The van der Waals surface area contributed by atoms with E-state index < -0.39 is 22.8 Å². The molecule has 6 nitrogen and oxygen atoms in total. The summed E-state index contributed by atoms with van der Waals surface area (Å²) in [5.74, 6) is -0.188. The fourth-order valence-electron chi connectivity index (χ4n) is 2.94. The number of carbonyl (C=O) groups excluding carboxylic acids is 1. The molecule has 1 amide bonds. The number of thiophene rings is 1. The largest absolute Gasteiger partial charge is 0.484 e. The summed E-state index contributed by atoms with van der Waals surface area (Å²) in [4.78, 5) is 12.8. The van der Waals surface area contributed by atoms with Crippen molar-refractivity contribution in [2.75, 3.05) is 19.7 Å². The summed E-state index contributed by atoms with van der Waals surface area (Å²) in [6, 6.07) is 9.11. The van der Waals surface area contributed by atoms with Gasteiger partial charge in [0.05, 0.1) is 6.42 Å². The van der Waals surface area contributed by atoms with Crippen molar-refractivity contribution in [1.82, 2.24) is 9.62 Å². The molecule has 0 bridgehead atoms. The molecular weight excluding hydrogens is 441 g/mol. The van der Waals surface area contributed by atoms with E-state index in [2.05, 4.69) is 10.1 Å². The van der Waals surface area contributed by atoms with Crippen molar-refractivity contribution >= 4 is 27.3 Å². The van der Waals surface area contributed by atoms with Crippen LogP contribution in [0.1, 0.15) is 23.3 Å². The molecule has 0 radical (unpaired) electrons. The van der Waals surface area contributed by atoms with Crippen LogP contribution in [0.3, 0.4) is 0 Å². The third-order valence-electron chi connectivity index (χ3n) is 4.45. The highest BCUT2D eigenvalue weighted by Crippen LogP contribution is 2.27. The number of hydrogen-bond donors (Lipinski definition) is 1. The van der Waals surface area contributed by atoms with Gasteiger partial charge in [0.15, 0.2) is 6.61 Å². The van der Waals surface area contributed by atoms with Gasteiger partial charge in [-0.25, -0.2) is 8.42 Å². The van der Waals surface area contributed by atoms with Crippen molar-refractivity contribution < 1.29 is 31.1 Å². The summed E-state index contributed by atoms with van der Waals surface area (Å²) in [7, 11) is -3.49. The van der Waals surface area contributed by atoms with Crippen molar-refractivity contribution in [2.24, 2.45) is 0 Å². The van der Waals surface area contributed by atoms with Gasteiger partial charge in [-0.2, -0.15) is 17.5 Å². The molecule has 2 heterocycles. The minimum Gasteiger partial charge on any atom is -0.484 e. The molecule has 1 fully saturated rings. The molecule has 30 heavy (non-hydrogen) atoms. The average Bonchev–Trinajstić information content (AvgIpc) is 3.37. The topological polar surface area (TPSA) is 75.7 Å². The molecule has 0 spiro atoms. The molecule has 2 aromatic rings. The van der Waals surface area contributed by atoms with Gasteiger partial charge in [0, 0.05) is 24.5 Å². The second-order valence-electron chi connectivity index (χ2n) is 6.83. The number of alkyl halides is 3. The maximum atomic E-state index is 12.5. The number of hydrogen-bond acceptors (Lipinski definition) is 5. The van der Waals surface area contributed by atoms with Crippen molar-refractivity contribution in [3.63, 3.8) is 0 Å². The number of benzene rings is 1. The van der Waals surface area contributed by atoms with E-state index in [0.29, 0.717) is 23.5 Å². The number of nitrogens with one attached hydrogen (secondary N) is 1. The molecule has 164 valence electrons. The van der Waals surface area contributed by atoms with Gasteiger partial charge in [-0.3, -0.25) is 4.79 Å². The summed E-state index contributed by atoms with van der Waals surface area (Å²) in [6.45, 7) is -0.117. The normalized spacial score (nSPS) is 15.3. The number of ether oxygens (including phenoxy) is 1. The van der Waals surface area contributed by atoms with Gasteiger partial charge in [0.2, 0.25) is 5.91 Å². The lowest BCUT2D eigenvalue weighted by Gasteiger charge is -2.13. The molecule has 0 unspecified atom stereocenters. The Morgan fingerprint density at radius 3 is 2.40 bits per heavy atom. The predicted octanol–water partition coefficient (Wildman–Crippen LogP) is 3.33. The molecule has 11 heteroatoms. The highest BCUT2D eigenvalue weighted by atomic mass is 32.2. The van der Waals surface area contributed by atoms with Gasteiger partial charge < -0.3 is 10.1 Å². The number of halogens is 3. The second kappa shape index (κ2) is 9.36. The maximum Gasteiger partial charge on any atom is 0.422 e. The molecule has 1 aliphatic rings. The van der Waals surface area contributed by atoms with Crippen molar-refractivity contribution in [2.45, 2.75) is 36.2 Å². The molecule has 1 saturated heterocycles. The molecule has 0 saturated carbocycles. The lowest BCUT2D eigenvalue weighted by atomic mass is 10.2. The molecule has 1 aromatic carbocycles. The first kappa shape index (κ1) is 22.6. The van der Waals surface area contributed by atoms with Crippen LogP contribution in [0.15, 0.2) is 40.6 Å². The standard InChI is InChI=1S/C19H21F3N2O4S2/c20-19(21,22)13-28-15-5-3-14(4-6-15)12-23-17(25)11-16-7-8-18(29-16)30(26,27)24-9-1-2-10-24/h3-8H,1-2,9-13H2,(H,23,25). The molecule has 1 aliphatic heterocycles. The Hall–Kier alpha value is -2.11. The van der Waals surface area contributed by atoms with Crippen LogP contribution < -0.4 is 10.1 Å². The lowest BCUT2D eigenvalue weighted by molar-refractivity contribution is -0.153. The molecule has 1 aromatic heterocycles. The fraction of sp³-hybridized carbons (Fsp3) is 0.421. The van der Waals surface area contributed by atoms with E-state index in [0.717, 1.165) is 24.2 Å². The molecular formula is C19H21F3N2O4S2. The number of nitrogens with zero attached hydrogens (tertiary/aromatic N) is 1. The van der Waals surface area contributed by atoms with Crippen LogP contribution >= 0.6 is 11.3 Å². The minimum atomic E-state index is -4.40. The molecule has 1 N–H and O–H groups in total. The summed E-state index contributed by atoms with van der Waals surface area (Å²) in [6.07, 6.45) is -2.64. The smallest absolute Gasteiger partial charge is 0.422 e. The van der Waals surface area contributed by atoms with E-state index in [4.69, 9.17) is 0 Å². The van der Waals surface area contributed by atoms with E-state index in [-0.39, 0.29) is 28.8 Å². The van der Waals surface area contributed by atoms with Gasteiger partial charge in [-0.15, -0.1) is 11.3 Å². The molecule has 0 aliphatic carbocycles. The first-order valence-corrected chi connectivity index (χ1v) is 11.5. The van der Waals surface area contributed by atoms with Gasteiger partial charge in [-0.05, 0) is 42.7 Å². The van der Waals surface area contributed by atoms with Crippen molar-refractivity contribution in [3.05, 3.63) is 46.8 Å². The van der Waals surface area contributed by atoms with Crippen LogP contribution in [-0.2, 0) is 27.8 Å². The lowest BCUT2D eigenvalue weighted by Crippen LogP contribution is -2.27. The van der Waals surface area contributed by atoms with Gasteiger partial charge in [-0.1, -0.05) is 12.1 Å². The summed E-state index contributed by atoms with van der Waals surface area (Å²) < 4.78 is 67.8. The van der Waals surface area contributed by atoms with Gasteiger partial charge in [0.1, 0.15) is 9.96 Å². The minimum absolute atomic E-state index is 0.0486. The van der Waals surface area contributed by atoms with Crippen LogP contribution in [0.5, 0.6) is 5.75 Å². The second-order valence-corrected chi connectivity index (χ2v) is 10.2. The predicted molar refractivity (Wildman–Crippen MR) is 106 cm³/mol. The Bertz CT molecular complexity index is 966. The zero-order chi connectivity index (χ0) is 21.8. The fourth-order valence-corrected chi connectivity index (χ4v) is 5.96. The molecule has 3 rings (SSSR count). The first-order valence-electron chi connectivity index (χ1n) is 9.27. The third-order valence-corrected chi connectivity index (χ3v) is 7.90. The number of sulfonamides is 1. The Morgan fingerprint density at radius 2 is 1.77 bits per heavy atom. The van der Waals surface area contributed by atoms with Crippen LogP contribution in [0.2, 0.25) is 0 Å². The Morgan fingerprint density at radius 1 is 1.10 bits per heavy atom. The monoisotopic (exact) mass is 462 g/mol. The summed E-state index contributed by atoms with van der Waals surface area (Å²) in [5, 5.41) is 2.71. The number of rotatable bonds is 8. The highest BCUT2D eigenvalue weighted by Gasteiger charge is 2.29. The van der Waals surface area contributed by atoms with E-state index in [9.17, 15) is 26.4 Å². The maximum absolute atomic E-state index is 12.5. The van der Waals surface area contributed by atoms with Crippen LogP contribution in [0.25, 0.3) is 0 Å². The quantitative estimate of drug-likeness (QED) is 0.653. The Kier molecular flexibility index (Phi) is 7.04. The van der Waals surface area contributed by atoms with Crippen LogP contribution in [0, 0.1) is 0 Å². The SMILES string of the molecule is O=C(Cc1ccc(S(=O)(=O)N2CCCC2)s1)NCc1ccc(OCC(F)(F)F)cc1. The third kappa shape index (κ3) is 6.19. The van der Waals surface area contributed by atoms with E-state index in [1.807, 2.05) is 0 Å². The van der Waals surface area contributed by atoms with Crippen molar-refractivity contribution in [1.29, 1.82) is 0 Å². The van der Waals surface area contributed by atoms with Crippen molar-refractivity contribution in [3.8, 4) is 5.75 Å². The number of amides is 1. The van der Waals surface area contributed by atoms with Crippen LogP contribution in [-0.4, -0.2) is 44.5 Å². The Balaban J connectivity index is 1.49. The zero-order valence-electron chi connectivity index (χ0n) is 15.9. The van der Waals surface area contributed by atoms with E-state index in [1.54, 1.807) is 18.2 Å². The van der Waals surface area contributed by atoms with Crippen LogP contribution in [0.4, 0.5) is 13.2 Å². The van der Waals surface area contributed by atoms with E-state index >= 15 is 0 Å². The highest BCUT2D eigenvalue weighted by molar-refractivity contribution is 7.91. The summed E-state index contributed by atoms with van der Waals surface area (Å²) in [5.41, 5.74) is 0.700.